The van der Waals surface area contributed by atoms with Gasteiger partial charge in [0.05, 0.1) is 22.8 Å². The molecular weight excluding hydrogens is 485 g/mol. The number of nitrogens with one attached hydrogen (secondary N) is 1. The molecule has 13 heteroatoms. The largest absolute Gasteiger partial charge is 0.405 e. The first-order chi connectivity index (χ1) is 16.6. The number of amidine groups is 1. The van der Waals surface area contributed by atoms with Crippen molar-refractivity contribution in [3.05, 3.63) is 58.5 Å². The SMILES string of the molecule is CN=C(/C=C\C(N)=Nc1ncnc2c1CCN(c1ccc(C#N)c(Cl)c1)C2)C(=O)NCC(F)(F)F. The maximum absolute atomic E-state index is 12.3. The van der Waals surface area contributed by atoms with Gasteiger partial charge in [0.2, 0.25) is 0 Å². The first-order valence-electron chi connectivity index (χ1n) is 10.2. The van der Waals surface area contributed by atoms with Crippen LogP contribution in [0.2, 0.25) is 5.02 Å². The van der Waals surface area contributed by atoms with Crippen molar-refractivity contribution < 1.29 is 18.0 Å². The van der Waals surface area contributed by atoms with Crippen molar-refractivity contribution in [3.63, 3.8) is 0 Å². The lowest BCUT2D eigenvalue weighted by molar-refractivity contribution is -0.134. The van der Waals surface area contributed by atoms with E-state index in [0.29, 0.717) is 35.9 Å². The fourth-order valence-corrected chi connectivity index (χ4v) is 3.51. The van der Waals surface area contributed by atoms with Crippen molar-refractivity contribution in [2.45, 2.75) is 19.1 Å². The number of carbonyl (C=O) groups excluding carboxylic acids is 1. The third-order valence-electron chi connectivity index (χ3n) is 4.99. The van der Waals surface area contributed by atoms with Crippen LogP contribution in [0.3, 0.4) is 0 Å². The summed E-state index contributed by atoms with van der Waals surface area (Å²) >= 11 is 6.15. The maximum atomic E-state index is 12.3. The van der Waals surface area contributed by atoms with Crippen molar-refractivity contribution in [3.8, 4) is 6.07 Å². The lowest BCUT2D eigenvalue weighted by Gasteiger charge is -2.30. The summed E-state index contributed by atoms with van der Waals surface area (Å²) in [6.45, 7) is -0.391. The van der Waals surface area contributed by atoms with E-state index in [9.17, 15) is 18.0 Å². The number of alkyl halides is 3. The molecule has 35 heavy (non-hydrogen) atoms. The molecule has 0 saturated heterocycles. The number of fused-ring (bicyclic) bond motifs is 1. The zero-order valence-corrected chi connectivity index (χ0v) is 19.2. The second kappa shape index (κ2) is 11.0. The van der Waals surface area contributed by atoms with E-state index in [2.05, 4.69) is 24.9 Å². The van der Waals surface area contributed by atoms with Crippen molar-refractivity contribution in [1.82, 2.24) is 15.3 Å². The summed E-state index contributed by atoms with van der Waals surface area (Å²) < 4.78 is 36.9. The summed E-state index contributed by atoms with van der Waals surface area (Å²) in [5, 5.41) is 11.2. The first kappa shape index (κ1) is 25.6. The van der Waals surface area contributed by atoms with Gasteiger partial charge in [0.15, 0.2) is 5.82 Å². The van der Waals surface area contributed by atoms with Gasteiger partial charge in [-0.3, -0.25) is 9.79 Å². The van der Waals surface area contributed by atoms with Gasteiger partial charge in [-0.05, 0) is 36.8 Å². The van der Waals surface area contributed by atoms with Crippen LogP contribution in [0.1, 0.15) is 16.8 Å². The summed E-state index contributed by atoms with van der Waals surface area (Å²) in [6, 6.07) is 7.23. The monoisotopic (exact) mass is 504 g/mol. The van der Waals surface area contributed by atoms with Crippen molar-refractivity contribution in [1.29, 1.82) is 5.26 Å². The van der Waals surface area contributed by atoms with Gasteiger partial charge < -0.3 is 16.0 Å². The summed E-state index contributed by atoms with van der Waals surface area (Å²) in [5.74, 6) is -0.653. The highest BCUT2D eigenvalue weighted by Crippen LogP contribution is 2.30. The Labute approximate surface area is 203 Å². The predicted molar refractivity (Wildman–Crippen MR) is 126 cm³/mol. The lowest BCUT2D eigenvalue weighted by Crippen LogP contribution is -2.37. The number of benzene rings is 1. The number of aromatic nitrogens is 2. The number of carbonyl (C=O) groups is 1. The minimum absolute atomic E-state index is 0.0167. The quantitative estimate of drug-likeness (QED) is 0.459. The van der Waals surface area contributed by atoms with E-state index >= 15 is 0 Å². The molecule has 2 heterocycles. The molecule has 1 aromatic carbocycles. The van der Waals surface area contributed by atoms with E-state index in [4.69, 9.17) is 22.6 Å². The van der Waals surface area contributed by atoms with E-state index in [1.54, 1.807) is 17.4 Å². The molecule has 0 bridgehead atoms. The fourth-order valence-electron chi connectivity index (χ4n) is 3.29. The molecule has 3 N–H and O–H groups in total. The zero-order valence-electron chi connectivity index (χ0n) is 18.5. The molecule has 3 rings (SSSR count). The Morgan fingerprint density at radius 1 is 1.37 bits per heavy atom. The zero-order chi connectivity index (χ0) is 25.6. The van der Waals surface area contributed by atoms with Gasteiger partial charge in [-0.15, -0.1) is 0 Å². The molecule has 0 fully saturated rings. The summed E-state index contributed by atoms with van der Waals surface area (Å²) in [6.07, 6.45) is -0.183. The standard InChI is InChI=1S/C22H20ClF3N8O/c1-29-17(21(35)30-11-22(24,25)26)4-5-19(28)33-20-15-6-7-34(10-18(15)31-12-32-20)14-3-2-13(9-27)16(23)8-14/h2-5,8,12H,6-7,10-11H2,1H3,(H,30,35)(H2,28,31,32,33)/b5-4-,29-17?. The van der Waals surface area contributed by atoms with Crippen molar-refractivity contribution >= 4 is 40.6 Å². The van der Waals surface area contributed by atoms with Crippen molar-refractivity contribution in [2.24, 2.45) is 15.7 Å². The minimum Gasteiger partial charge on any atom is -0.384 e. The Morgan fingerprint density at radius 2 is 2.14 bits per heavy atom. The smallest absolute Gasteiger partial charge is 0.384 e. The van der Waals surface area contributed by atoms with Crippen LogP contribution in [0.5, 0.6) is 0 Å². The van der Waals surface area contributed by atoms with Crippen LogP contribution >= 0.6 is 11.6 Å². The highest BCUT2D eigenvalue weighted by molar-refractivity contribution is 6.43. The molecule has 0 atom stereocenters. The molecule has 0 saturated carbocycles. The lowest BCUT2D eigenvalue weighted by atomic mass is 10.0. The molecule has 1 aromatic heterocycles. The topological polar surface area (TPSA) is 133 Å². The van der Waals surface area contributed by atoms with Crippen LogP contribution in [0.15, 0.2) is 46.7 Å². The second-order valence-corrected chi connectivity index (χ2v) is 7.75. The van der Waals surface area contributed by atoms with Crippen molar-refractivity contribution in [2.75, 3.05) is 25.0 Å². The molecule has 1 aliphatic rings. The summed E-state index contributed by atoms with van der Waals surface area (Å²) in [4.78, 5) is 30.4. The molecule has 2 aromatic rings. The molecule has 0 aliphatic carbocycles. The molecular formula is C22H20ClF3N8O. The average molecular weight is 505 g/mol. The Kier molecular flexibility index (Phi) is 8.03. The highest BCUT2D eigenvalue weighted by atomic mass is 35.5. The van der Waals surface area contributed by atoms with E-state index < -0.39 is 18.6 Å². The van der Waals surface area contributed by atoms with Crippen LogP contribution in [0.4, 0.5) is 24.7 Å². The number of aliphatic imine (C=N–C) groups is 2. The van der Waals surface area contributed by atoms with Gasteiger partial charge in [0.1, 0.15) is 30.5 Å². The third-order valence-corrected chi connectivity index (χ3v) is 5.31. The van der Waals surface area contributed by atoms with E-state index in [1.807, 2.05) is 12.1 Å². The molecule has 1 amide bonds. The molecule has 0 spiro atoms. The molecule has 0 radical (unpaired) electrons. The number of halogens is 4. The first-order valence-corrected chi connectivity index (χ1v) is 10.6. The molecule has 1 aliphatic heterocycles. The Balaban J connectivity index is 1.74. The summed E-state index contributed by atoms with van der Waals surface area (Å²) in [7, 11) is 1.27. The minimum atomic E-state index is -4.53. The van der Waals surface area contributed by atoms with Gasteiger partial charge >= 0.3 is 6.18 Å². The Morgan fingerprint density at radius 3 is 2.80 bits per heavy atom. The third kappa shape index (κ3) is 6.77. The molecule has 182 valence electrons. The molecule has 0 unspecified atom stereocenters. The number of nitrogens with two attached hydrogens (primary N) is 1. The predicted octanol–water partition coefficient (Wildman–Crippen LogP) is 2.86. The van der Waals surface area contributed by atoms with Gasteiger partial charge in [0.25, 0.3) is 5.91 Å². The molecule has 9 nitrogen and oxygen atoms in total. The van der Waals surface area contributed by atoms with Crippen LogP contribution in [0.25, 0.3) is 0 Å². The Hall–Kier alpha value is -3.98. The van der Waals surface area contributed by atoms with Gasteiger partial charge in [-0.25, -0.2) is 15.0 Å². The number of hydrogen-bond donors (Lipinski definition) is 2. The summed E-state index contributed by atoms with van der Waals surface area (Å²) in [5.41, 5.74) is 8.47. The Bertz CT molecular complexity index is 1250. The number of hydrogen-bond acceptors (Lipinski definition) is 7. The number of amides is 1. The second-order valence-electron chi connectivity index (χ2n) is 7.35. The fraction of sp³-hybridized carbons (Fsp3) is 0.273. The maximum Gasteiger partial charge on any atom is 0.405 e. The van der Waals surface area contributed by atoms with Gasteiger partial charge in [-0.1, -0.05) is 11.6 Å². The highest BCUT2D eigenvalue weighted by Gasteiger charge is 2.28. The van der Waals surface area contributed by atoms with Gasteiger partial charge in [-0.2, -0.15) is 18.4 Å². The number of nitrogens with zero attached hydrogens (tertiary/aromatic N) is 6. The van der Waals surface area contributed by atoms with Crippen LogP contribution in [0, 0.1) is 11.3 Å². The van der Waals surface area contributed by atoms with Gasteiger partial charge in [0, 0.05) is 24.8 Å². The van der Waals surface area contributed by atoms with Crippen LogP contribution in [-0.2, 0) is 17.8 Å². The van der Waals surface area contributed by atoms with E-state index in [1.165, 1.54) is 25.5 Å². The number of nitriles is 1. The number of anilines is 1. The van der Waals surface area contributed by atoms with Crippen LogP contribution in [-0.4, -0.2) is 53.7 Å². The van der Waals surface area contributed by atoms with E-state index in [-0.39, 0.29) is 11.5 Å². The normalized spacial score (nSPS) is 14.6. The van der Waals surface area contributed by atoms with Crippen LogP contribution < -0.4 is 16.0 Å². The number of rotatable bonds is 6. The average Bonchev–Trinajstić information content (AvgIpc) is 2.82. The van der Waals surface area contributed by atoms with E-state index in [0.717, 1.165) is 16.9 Å².